The van der Waals surface area contributed by atoms with E-state index in [0.717, 1.165) is 5.69 Å². The zero-order chi connectivity index (χ0) is 16.4. The van der Waals surface area contributed by atoms with Gasteiger partial charge in [-0.1, -0.05) is 30.3 Å². The van der Waals surface area contributed by atoms with Gasteiger partial charge in [0.25, 0.3) is 5.91 Å². The van der Waals surface area contributed by atoms with Crippen molar-refractivity contribution in [1.82, 2.24) is 4.90 Å². The Morgan fingerprint density at radius 1 is 0.957 bits per heavy atom. The molecule has 23 heavy (non-hydrogen) atoms. The fourth-order valence-corrected chi connectivity index (χ4v) is 3.40. The van der Waals surface area contributed by atoms with Crippen LogP contribution in [0.3, 0.4) is 0 Å². The molecule has 1 aliphatic rings. The summed E-state index contributed by atoms with van der Waals surface area (Å²) in [5, 5.41) is 0. The minimum absolute atomic E-state index is 0.153. The van der Waals surface area contributed by atoms with Crippen LogP contribution in [0.2, 0.25) is 0 Å². The van der Waals surface area contributed by atoms with Gasteiger partial charge in [-0.15, -0.1) is 0 Å². The highest BCUT2D eigenvalue weighted by molar-refractivity contribution is 5.94. The lowest BCUT2D eigenvalue weighted by Gasteiger charge is -2.46. The molecule has 3 nitrogen and oxygen atoms in total. The lowest BCUT2D eigenvalue weighted by atomic mass is 10.0. The summed E-state index contributed by atoms with van der Waals surface area (Å²) in [6.07, 6.45) is 0. The minimum atomic E-state index is -0.455. The van der Waals surface area contributed by atoms with Crippen LogP contribution in [0, 0.1) is 5.82 Å². The molecule has 4 heteroatoms. The van der Waals surface area contributed by atoms with Gasteiger partial charge in [-0.25, -0.2) is 4.39 Å². The Hall–Kier alpha value is -2.36. The summed E-state index contributed by atoms with van der Waals surface area (Å²) >= 11 is 0. The van der Waals surface area contributed by atoms with Gasteiger partial charge in [0.15, 0.2) is 0 Å². The summed E-state index contributed by atoms with van der Waals surface area (Å²) in [6.45, 7) is 5.38. The van der Waals surface area contributed by atoms with E-state index in [1.807, 2.05) is 18.2 Å². The maximum Gasteiger partial charge on any atom is 0.256 e. The molecular formula is C19H21FN2O. The molecule has 1 fully saturated rings. The Morgan fingerprint density at radius 2 is 1.52 bits per heavy atom. The van der Waals surface area contributed by atoms with Gasteiger partial charge in [0.1, 0.15) is 5.82 Å². The second kappa shape index (κ2) is 6.41. The molecule has 2 aromatic rings. The molecule has 1 amide bonds. The Morgan fingerprint density at radius 3 is 2.13 bits per heavy atom. The number of carbonyl (C=O) groups excluding carboxylic acids is 1. The number of piperazine rings is 1. The number of halogens is 1. The van der Waals surface area contributed by atoms with Gasteiger partial charge in [-0.2, -0.15) is 0 Å². The average Bonchev–Trinajstić information content (AvgIpc) is 2.55. The smallest absolute Gasteiger partial charge is 0.256 e. The van der Waals surface area contributed by atoms with E-state index in [4.69, 9.17) is 0 Å². The first kappa shape index (κ1) is 15.5. The lowest BCUT2D eigenvalue weighted by molar-refractivity contribution is 0.0696. The molecule has 0 aliphatic carbocycles. The largest absolute Gasteiger partial charge is 0.363 e. The molecule has 0 bridgehead atoms. The highest BCUT2D eigenvalue weighted by atomic mass is 19.1. The van der Waals surface area contributed by atoms with Crippen LogP contribution in [0.15, 0.2) is 54.6 Å². The van der Waals surface area contributed by atoms with Crippen molar-refractivity contribution in [3.05, 3.63) is 66.0 Å². The van der Waals surface area contributed by atoms with Crippen LogP contribution in [-0.2, 0) is 0 Å². The van der Waals surface area contributed by atoms with Crippen molar-refractivity contribution in [3.63, 3.8) is 0 Å². The van der Waals surface area contributed by atoms with Crippen molar-refractivity contribution in [3.8, 4) is 0 Å². The fourth-order valence-electron chi connectivity index (χ4n) is 3.40. The normalized spacial score (nSPS) is 21.3. The molecule has 120 valence electrons. The first-order chi connectivity index (χ1) is 11.1. The van der Waals surface area contributed by atoms with Crippen molar-refractivity contribution >= 4 is 11.6 Å². The second-order valence-corrected chi connectivity index (χ2v) is 6.13. The van der Waals surface area contributed by atoms with Crippen molar-refractivity contribution in [2.45, 2.75) is 25.9 Å². The van der Waals surface area contributed by atoms with Gasteiger partial charge in [0.05, 0.1) is 5.56 Å². The summed E-state index contributed by atoms with van der Waals surface area (Å²) in [5.74, 6) is -0.683. The Balaban J connectivity index is 1.79. The maximum atomic E-state index is 13.9. The van der Waals surface area contributed by atoms with Crippen LogP contribution in [0.25, 0.3) is 0 Å². The number of benzene rings is 2. The molecule has 1 saturated heterocycles. The zero-order valence-electron chi connectivity index (χ0n) is 13.4. The summed E-state index contributed by atoms with van der Waals surface area (Å²) in [5.41, 5.74) is 1.31. The minimum Gasteiger partial charge on any atom is -0.363 e. The number of carbonyl (C=O) groups is 1. The maximum absolute atomic E-state index is 13.9. The summed E-state index contributed by atoms with van der Waals surface area (Å²) < 4.78 is 13.9. The van der Waals surface area contributed by atoms with Gasteiger partial charge in [-0.3, -0.25) is 4.79 Å². The second-order valence-electron chi connectivity index (χ2n) is 6.13. The van der Waals surface area contributed by atoms with E-state index < -0.39 is 5.82 Å². The molecule has 0 aromatic heterocycles. The van der Waals surface area contributed by atoms with Crippen molar-refractivity contribution in [2.75, 3.05) is 18.0 Å². The molecule has 2 aromatic carbocycles. The van der Waals surface area contributed by atoms with E-state index in [0.29, 0.717) is 13.1 Å². The van der Waals surface area contributed by atoms with Crippen LogP contribution >= 0.6 is 0 Å². The van der Waals surface area contributed by atoms with Crippen LogP contribution in [0.4, 0.5) is 10.1 Å². The molecule has 1 aliphatic heterocycles. The van der Waals surface area contributed by atoms with Gasteiger partial charge < -0.3 is 9.80 Å². The molecule has 0 N–H and O–H groups in total. The third-order valence-electron chi connectivity index (χ3n) is 4.36. The fraction of sp³-hybridized carbons (Fsp3) is 0.316. The van der Waals surface area contributed by atoms with Crippen LogP contribution in [-0.4, -0.2) is 36.0 Å². The monoisotopic (exact) mass is 312 g/mol. The van der Waals surface area contributed by atoms with E-state index in [1.165, 1.54) is 6.07 Å². The molecule has 3 rings (SSSR count). The van der Waals surface area contributed by atoms with Gasteiger partial charge in [0.2, 0.25) is 0 Å². The van der Waals surface area contributed by atoms with Gasteiger partial charge in [0, 0.05) is 30.9 Å². The van der Waals surface area contributed by atoms with Crippen molar-refractivity contribution in [2.24, 2.45) is 0 Å². The van der Waals surface area contributed by atoms with Crippen LogP contribution < -0.4 is 4.90 Å². The number of rotatable bonds is 2. The van der Waals surface area contributed by atoms with E-state index in [-0.39, 0.29) is 23.6 Å². The number of para-hydroxylation sites is 1. The van der Waals surface area contributed by atoms with Gasteiger partial charge in [-0.05, 0) is 38.1 Å². The molecule has 1 heterocycles. The van der Waals surface area contributed by atoms with Crippen LogP contribution in [0.1, 0.15) is 24.2 Å². The number of hydrogen-bond acceptors (Lipinski definition) is 2. The Kier molecular flexibility index (Phi) is 4.33. The molecular weight excluding hydrogens is 291 g/mol. The molecule has 2 unspecified atom stereocenters. The predicted octanol–water partition coefficient (Wildman–Crippen LogP) is 3.57. The first-order valence-electron chi connectivity index (χ1n) is 7.95. The topological polar surface area (TPSA) is 23.6 Å². The summed E-state index contributed by atoms with van der Waals surface area (Å²) in [6, 6.07) is 16.7. The zero-order valence-corrected chi connectivity index (χ0v) is 13.4. The Bertz CT molecular complexity index is 677. The average molecular weight is 312 g/mol. The molecule has 2 atom stereocenters. The van der Waals surface area contributed by atoms with Crippen LogP contribution in [0.5, 0.6) is 0 Å². The summed E-state index contributed by atoms with van der Waals surface area (Å²) in [4.78, 5) is 16.7. The SMILES string of the molecule is CC1CN(C(=O)c2ccccc2F)CC(C)N1c1ccccc1. The molecule has 0 saturated carbocycles. The van der Waals surface area contributed by atoms with E-state index >= 15 is 0 Å². The number of nitrogens with zero attached hydrogens (tertiary/aromatic N) is 2. The standard InChI is InChI=1S/C19H21FN2O/c1-14-12-21(19(23)17-10-6-7-11-18(17)20)13-15(2)22(14)16-8-4-3-5-9-16/h3-11,14-15H,12-13H2,1-2H3. The number of amides is 1. The van der Waals surface area contributed by atoms with E-state index in [2.05, 4.69) is 30.9 Å². The lowest BCUT2D eigenvalue weighted by Crippen LogP contribution is -2.58. The van der Waals surface area contributed by atoms with Crippen molar-refractivity contribution in [1.29, 1.82) is 0 Å². The third-order valence-corrected chi connectivity index (χ3v) is 4.36. The third kappa shape index (κ3) is 3.07. The Labute approximate surface area is 136 Å². The summed E-state index contributed by atoms with van der Waals surface area (Å²) in [7, 11) is 0. The molecule has 0 radical (unpaired) electrons. The number of anilines is 1. The number of hydrogen-bond donors (Lipinski definition) is 0. The van der Waals surface area contributed by atoms with Crippen molar-refractivity contribution < 1.29 is 9.18 Å². The highest BCUT2D eigenvalue weighted by Crippen LogP contribution is 2.25. The molecule has 0 spiro atoms. The quantitative estimate of drug-likeness (QED) is 0.846. The van der Waals surface area contributed by atoms with Gasteiger partial charge >= 0.3 is 0 Å². The highest BCUT2D eigenvalue weighted by Gasteiger charge is 2.32. The van der Waals surface area contributed by atoms with E-state index in [1.54, 1.807) is 23.1 Å². The van der Waals surface area contributed by atoms with E-state index in [9.17, 15) is 9.18 Å². The first-order valence-corrected chi connectivity index (χ1v) is 7.95. The predicted molar refractivity (Wildman–Crippen MR) is 90.1 cm³/mol.